The predicted molar refractivity (Wildman–Crippen MR) is 59.4 cm³/mol. The molecular weight excluding hydrogens is 192 g/mol. The van der Waals surface area contributed by atoms with Crippen LogP contribution in [0.15, 0.2) is 35.5 Å². The molecule has 0 bridgehead atoms. The average Bonchev–Trinajstić information content (AvgIpc) is 2.63. The predicted octanol–water partition coefficient (Wildman–Crippen LogP) is 1.91. The summed E-state index contributed by atoms with van der Waals surface area (Å²) in [6.07, 6.45) is 3.53. The molecule has 0 aromatic carbocycles. The Hall–Kier alpha value is -1.24. The van der Waals surface area contributed by atoms with Crippen LogP contribution in [0.1, 0.15) is 5.56 Å². The molecule has 1 aromatic rings. The lowest BCUT2D eigenvalue weighted by Gasteiger charge is -2.01. The first kappa shape index (κ1) is 9.32. The summed E-state index contributed by atoms with van der Waals surface area (Å²) in [5, 5.41) is 2.09. The van der Waals surface area contributed by atoms with E-state index >= 15 is 0 Å². The maximum atomic E-state index is 4.01. The molecule has 0 saturated heterocycles. The first-order valence-electron chi connectivity index (χ1n) is 4.33. The van der Waals surface area contributed by atoms with E-state index in [1.807, 2.05) is 12.1 Å². The molecule has 0 spiro atoms. The van der Waals surface area contributed by atoms with Crippen molar-refractivity contribution in [2.24, 2.45) is 0 Å². The zero-order chi connectivity index (χ0) is 9.80. The quantitative estimate of drug-likeness (QED) is 0.472. The van der Waals surface area contributed by atoms with Crippen LogP contribution in [0.25, 0.3) is 0 Å². The molecule has 0 radical (unpaired) electrons. The minimum atomic E-state index is 0.929. The summed E-state index contributed by atoms with van der Waals surface area (Å²) in [5.41, 5.74) is 2.13. The van der Waals surface area contributed by atoms with E-state index in [4.69, 9.17) is 0 Å². The Labute approximate surface area is 88.2 Å². The molecule has 0 saturated carbocycles. The van der Waals surface area contributed by atoms with Gasteiger partial charge in [-0.05, 0) is 36.5 Å². The minimum Gasteiger partial charge on any atom is -0.263 e. The van der Waals surface area contributed by atoms with Crippen LogP contribution < -0.4 is 0 Å². The second-order valence-corrected chi connectivity index (χ2v) is 4.10. The number of nitrogens with zero attached hydrogens (tertiary/aromatic N) is 2. The van der Waals surface area contributed by atoms with Gasteiger partial charge in [0.05, 0.1) is 0 Å². The van der Waals surface area contributed by atoms with Gasteiger partial charge in [0.1, 0.15) is 0 Å². The third-order valence-corrected chi connectivity index (χ3v) is 2.68. The van der Waals surface area contributed by atoms with E-state index in [1.165, 1.54) is 5.57 Å². The summed E-state index contributed by atoms with van der Waals surface area (Å²) in [5.74, 6) is 6.22. The summed E-state index contributed by atoms with van der Waals surface area (Å²) in [4.78, 5) is 4.01. The first-order valence-corrected chi connectivity index (χ1v) is 5.17. The third-order valence-electron chi connectivity index (χ3n) is 1.80. The molecule has 1 aliphatic rings. The molecule has 70 valence electrons. The molecule has 2 rings (SSSR count). The Morgan fingerprint density at radius 2 is 2.43 bits per heavy atom. The van der Waals surface area contributed by atoms with Crippen LogP contribution in [-0.2, 0) is 0 Å². The van der Waals surface area contributed by atoms with E-state index in [0.29, 0.717) is 0 Å². The maximum absolute atomic E-state index is 4.01. The van der Waals surface area contributed by atoms with Crippen molar-refractivity contribution < 1.29 is 0 Å². The van der Waals surface area contributed by atoms with Crippen molar-refractivity contribution in [3.63, 3.8) is 0 Å². The molecule has 14 heavy (non-hydrogen) atoms. The van der Waals surface area contributed by atoms with Crippen LogP contribution in [0.2, 0.25) is 0 Å². The van der Waals surface area contributed by atoms with E-state index in [-0.39, 0.29) is 0 Å². The number of hydrogen-bond acceptors (Lipinski definition) is 3. The Morgan fingerprint density at radius 1 is 1.50 bits per heavy atom. The monoisotopic (exact) mass is 202 g/mol. The number of rotatable bonds is 0. The van der Waals surface area contributed by atoms with Crippen molar-refractivity contribution in [3.05, 3.63) is 41.1 Å². The number of hydrogen-bond donors (Lipinski definition) is 0. The zero-order valence-corrected chi connectivity index (χ0v) is 8.71. The molecule has 3 heteroatoms. The lowest BCUT2D eigenvalue weighted by molar-refractivity contribution is 0.641. The maximum Gasteiger partial charge on any atom is 0.0432 e. The van der Waals surface area contributed by atoms with Gasteiger partial charge in [0.15, 0.2) is 0 Å². The van der Waals surface area contributed by atoms with Gasteiger partial charge in [-0.25, -0.2) is 4.31 Å². The van der Waals surface area contributed by atoms with Gasteiger partial charge in [-0.2, -0.15) is 0 Å². The molecule has 0 amide bonds. The molecule has 0 atom stereocenters. The summed E-state index contributed by atoms with van der Waals surface area (Å²) in [6.45, 7) is 0.929. The fraction of sp³-hybridized carbons (Fsp3) is 0.182. The van der Waals surface area contributed by atoms with Gasteiger partial charge >= 0.3 is 0 Å². The molecule has 0 unspecified atom stereocenters. The fourth-order valence-electron chi connectivity index (χ4n) is 1.13. The normalized spacial score (nSPS) is 15.9. The first-order chi connectivity index (χ1) is 6.84. The molecule has 1 aliphatic heterocycles. The lowest BCUT2D eigenvalue weighted by atomic mass is 10.2. The third kappa shape index (κ3) is 2.38. The van der Waals surface area contributed by atoms with Gasteiger partial charge in [-0.3, -0.25) is 4.98 Å². The molecule has 2 heterocycles. The van der Waals surface area contributed by atoms with E-state index in [1.54, 1.807) is 24.3 Å². The molecule has 0 N–H and O–H groups in total. The minimum absolute atomic E-state index is 0.929. The van der Waals surface area contributed by atoms with Crippen molar-refractivity contribution in [1.82, 2.24) is 9.29 Å². The summed E-state index contributed by atoms with van der Waals surface area (Å²) in [7, 11) is 2.06. The van der Waals surface area contributed by atoms with Crippen LogP contribution >= 0.6 is 11.9 Å². The van der Waals surface area contributed by atoms with Crippen LogP contribution in [0, 0.1) is 11.8 Å². The van der Waals surface area contributed by atoms with Crippen LogP contribution in [0.5, 0.6) is 0 Å². The van der Waals surface area contributed by atoms with Gasteiger partial charge in [0, 0.05) is 30.1 Å². The van der Waals surface area contributed by atoms with Crippen molar-refractivity contribution in [2.75, 3.05) is 13.6 Å². The largest absolute Gasteiger partial charge is 0.263 e. The highest BCUT2D eigenvalue weighted by molar-refractivity contribution is 8.00. The van der Waals surface area contributed by atoms with Gasteiger partial charge in [0.2, 0.25) is 0 Å². The van der Waals surface area contributed by atoms with Crippen LogP contribution in [-0.4, -0.2) is 22.9 Å². The topological polar surface area (TPSA) is 16.1 Å². The molecule has 0 fully saturated rings. The zero-order valence-electron chi connectivity index (χ0n) is 7.90. The lowest BCUT2D eigenvalue weighted by Crippen LogP contribution is -2.04. The van der Waals surface area contributed by atoms with Crippen molar-refractivity contribution in [3.8, 4) is 11.8 Å². The summed E-state index contributed by atoms with van der Waals surface area (Å²) < 4.78 is 2.15. The average molecular weight is 202 g/mol. The highest BCUT2D eigenvalue weighted by Crippen LogP contribution is 2.20. The van der Waals surface area contributed by atoms with Crippen LogP contribution in [0.4, 0.5) is 0 Å². The van der Waals surface area contributed by atoms with E-state index in [2.05, 4.69) is 33.6 Å². The highest BCUT2D eigenvalue weighted by Gasteiger charge is 2.07. The molecule has 0 aliphatic carbocycles. The van der Waals surface area contributed by atoms with Gasteiger partial charge < -0.3 is 0 Å². The van der Waals surface area contributed by atoms with Gasteiger partial charge in [-0.1, -0.05) is 11.8 Å². The smallest absolute Gasteiger partial charge is 0.0432 e. The number of aromatic nitrogens is 1. The molecule has 1 aromatic heterocycles. The molecule has 2 nitrogen and oxygen atoms in total. The van der Waals surface area contributed by atoms with Crippen molar-refractivity contribution in [2.45, 2.75) is 0 Å². The van der Waals surface area contributed by atoms with Crippen molar-refractivity contribution in [1.29, 1.82) is 0 Å². The van der Waals surface area contributed by atoms with Gasteiger partial charge in [0.25, 0.3) is 0 Å². The Bertz CT molecular complexity index is 400. The Morgan fingerprint density at radius 3 is 3.07 bits per heavy atom. The van der Waals surface area contributed by atoms with E-state index in [9.17, 15) is 0 Å². The highest BCUT2D eigenvalue weighted by atomic mass is 32.2. The van der Waals surface area contributed by atoms with Gasteiger partial charge in [-0.15, -0.1) is 0 Å². The van der Waals surface area contributed by atoms with Crippen LogP contribution in [0.3, 0.4) is 0 Å². The standard InChI is InChI=1S/C11H10N2S/c1-13-8-11(9-14-13)5-4-10-3-2-6-12-7-10/h2-3,6-7,9H,8H2,1H3. The van der Waals surface area contributed by atoms with E-state index in [0.717, 1.165) is 12.1 Å². The molecular formula is C11H10N2S. The SMILES string of the molecule is CN1CC(C#Cc2cccnc2)=CS1. The summed E-state index contributed by atoms with van der Waals surface area (Å²) in [6, 6.07) is 3.86. The number of likely N-dealkylation sites (N-methyl/N-ethyl adjacent to an activating group) is 1. The van der Waals surface area contributed by atoms with Crippen molar-refractivity contribution >= 4 is 11.9 Å². The summed E-state index contributed by atoms with van der Waals surface area (Å²) >= 11 is 1.69. The van der Waals surface area contributed by atoms with E-state index < -0.39 is 0 Å². The Kier molecular flexibility index (Phi) is 2.87. The second-order valence-electron chi connectivity index (χ2n) is 3.03. The Balaban J connectivity index is 2.08. The second kappa shape index (κ2) is 4.32. The number of pyridine rings is 1. The fourth-order valence-corrected chi connectivity index (χ4v) is 1.78.